The Labute approximate surface area is 194 Å². The molecule has 0 heterocycles. The zero-order valence-electron chi connectivity index (χ0n) is 18.3. The molecule has 0 saturated carbocycles. The highest BCUT2D eigenvalue weighted by Gasteiger charge is 2.30. The fraction of sp³-hybridized carbons (Fsp3) is 0.231. The molecule has 0 aliphatic carbocycles. The van der Waals surface area contributed by atoms with E-state index in [1.807, 2.05) is 67.6 Å². The Balaban J connectivity index is 1.84. The van der Waals surface area contributed by atoms with Crippen LogP contribution >= 0.6 is 11.6 Å². The summed E-state index contributed by atoms with van der Waals surface area (Å²) in [5.74, 6) is 0.0610. The monoisotopic (exact) mass is 450 g/mol. The summed E-state index contributed by atoms with van der Waals surface area (Å²) >= 11 is 6.08. The number of rotatable bonds is 9. The van der Waals surface area contributed by atoms with E-state index in [0.717, 1.165) is 16.7 Å². The lowest BCUT2D eigenvalue weighted by molar-refractivity contribution is -0.142. The van der Waals surface area contributed by atoms with Gasteiger partial charge in [-0.25, -0.2) is 0 Å². The maximum absolute atomic E-state index is 13.3. The van der Waals surface area contributed by atoms with E-state index in [2.05, 4.69) is 5.32 Å². The van der Waals surface area contributed by atoms with Crippen LogP contribution in [0.25, 0.3) is 0 Å². The number of nitrogens with zero attached hydrogens (tertiary/aromatic N) is 1. The summed E-state index contributed by atoms with van der Waals surface area (Å²) in [7, 11) is 1.58. The summed E-state index contributed by atoms with van der Waals surface area (Å²) in [6.45, 7) is 1.99. The number of amides is 2. The van der Waals surface area contributed by atoms with E-state index in [4.69, 9.17) is 16.3 Å². The van der Waals surface area contributed by atoms with Gasteiger partial charge in [-0.15, -0.1) is 0 Å². The van der Waals surface area contributed by atoms with Crippen molar-refractivity contribution in [1.82, 2.24) is 10.2 Å². The molecule has 0 spiro atoms. The summed E-state index contributed by atoms with van der Waals surface area (Å²) < 4.78 is 5.75. The third-order valence-electron chi connectivity index (χ3n) is 5.20. The van der Waals surface area contributed by atoms with Gasteiger partial charge in [-0.05, 0) is 41.8 Å². The maximum Gasteiger partial charge on any atom is 0.261 e. The van der Waals surface area contributed by atoms with Crippen LogP contribution in [0.3, 0.4) is 0 Å². The van der Waals surface area contributed by atoms with Crippen LogP contribution in [0.5, 0.6) is 5.75 Å². The summed E-state index contributed by atoms with van der Waals surface area (Å²) in [6, 6.07) is 23.9. The number of likely N-dealkylation sites (N-methyl/N-ethyl adjacent to an activating group) is 1. The minimum absolute atomic E-state index is 0.184. The lowest BCUT2D eigenvalue weighted by Gasteiger charge is -2.31. The number of hydrogen-bond donors (Lipinski definition) is 1. The van der Waals surface area contributed by atoms with E-state index in [9.17, 15) is 9.59 Å². The molecular formula is C26H27ClN2O3. The lowest BCUT2D eigenvalue weighted by atomic mass is 10.0. The molecule has 32 heavy (non-hydrogen) atoms. The molecule has 1 atom stereocenters. The Hall–Kier alpha value is -3.31. The number of carbonyl (C=O) groups excluding carboxylic acids is 2. The highest BCUT2D eigenvalue weighted by Crippen LogP contribution is 2.21. The van der Waals surface area contributed by atoms with Crippen molar-refractivity contribution in [3.63, 3.8) is 0 Å². The average Bonchev–Trinajstić information content (AvgIpc) is 2.82. The first-order valence-corrected chi connectivity index (χ1v) is 10.8. The molecule has 0 aromatic heterocycles. The van der Waals surface area contributed by atoms with Crippen LogP contribution in [-0.2, 0) is 22.6 Å². The Morgan fingerprint density at radius 3 is 2.19 bits per heavy atom. The van der Waals surface area contributed by atoms with E-state index in [1.54, 1.807) is 30.1 Å². The Kier molecular flexibility index (Phi) is 8.28. The molecule has 0 radical (unpaired) electrons. The fourth-order valence-electron chi connectivity index (χ4n) is 3.44. The number of ether oxygens (including phenoxy) is 1. The molecule has 5 nitrogen and oxygen atoms in total. The second kappa shape index (κ2) is 11.3. The van der Waals surface area contributed by atoms with Crippen molar-refractivity contribution < 1.29 is 14.3 Å². The molecule has 3 aromatic rings. The van der Waals surface area contributed by atoms with Crippen molar-refractivity contribution in [2.24, 2.45) is 0 Å². The van der Waals surface area contributed by atoms with E-state index in [1.165, 1.54) is 0 Å². The van der Waals surface area contributed by atoms with Gasteiger partial charge in [0.05, 0.1) is 0 Å². The van der Waals surface area contributed by atoms with Crippen molar-refractivity contribution >= 4 is 23.4 Å². The highest BCUT2D eigenvalue weighted by atomic mass is 35.5. The van der Waals surface area contributed by atoms with Crippen LogP contribution in [0.1, 0.15) is 16.7 Å². The first kappa shape index (κ1) is 23.4. The van der Waals surface area contributed by atoms with E-state index >= 15 is 0 Å². The number of hydrogen-bond acceptors (Lipinski definition) is 3. The molecule has 3 aromatic carbocycles. The minimum atomic E-state index is -0.675. The van der Waals surface area contributed by atoms with Gasteiger partial charge in [0, 0.05) is 25.0 Å². The molecule has 0 bridgehead atoms. The molecule has 0 fully saturated rings. The summed E-state index contributed by atoms with van der Waals surface area (Å²) in [4.78, 5) is 27.8. The molecule has 1 N–H and O–H groups in total. The summed E-state index contributed by atoms with van der Waals surface area (Å²) in [6.07, 6.45) is 0.402. The van der Waals surface area contributed by atoms with E-state index < -0.39 is 6.04 Å². The minimum Gasteiger partial charge on any atom is -0.484 e. The fourth-order valence-corrected chi connectivity index (χ4v) is 3.55. The second-order valence-electron chi connectivity index (χ2n) is 7.53. The molecule has 0 aliphatic heterocycles. The molecule has 2 amide bonds. The van der Waals surface area contributed by atoms with Crippen LogP contribution < -0.4 is 10.1 Å². The van der Waals surface area contributed by atoms with Crippen molar-refractivity contribution in [3.05, 3.63) is 101 Å². The van der Waals surface area contributed by atoms with Gasteiger partial charge < -0.3 is 15.0 Å². The molecular weight excluding hydrogens is 424 g/mol. The highest BCUT2D eigenvalue weighted by molar-refractivity contribution is 6.31. The first-order chi connectivity index (χ1) is 15.5. The molecule has 3 rings (SSSR count). The van der Waals surface area contributed by atoms with Gasteiger partial charge >= 0.3 is 0 Å². The van der Waals surface area contributed by atoms with Crippen molar-refractivity contribution in [2.75, 3.05) is 13.7 Å². The van der Waals surface area contributed by atoms with Gasteiger partial charge in [-0.1, -0.05) is 72.3 Å². The standard InChI is InChI=1S/C26H27ClN2O3/c1-19-15-22(13-14-23(19)27)32-18-25(30)29(17-21-11-7-4-8-12-21)24(26(31)28-2)16-20-9-5-3-6-10-20/h3-15,24H,16-18H2,1-2H3,(H,28,31)/t24-/m0/s1. The van der Waals surface area contributed by atoms with E-state index in [0.29, 0.717) is 23.7 Å². The Bertz CT molecular complexity index is 1040. The Morgan fingerprint density at radius 1 is 0.969 bits per heavy atom. The predicted molar refractivity (Wildman–Crippen MR) is 127 cm³/mol. The van der Waals surface area contributed by atoms with Gasteiger partial charge in [-0.3, -0.25) is 9.59 Å². The molecule has 0 saturated heterocycles. The normalized spacial score (nSPS) is 11.5. The number of benzene rings is 3. The van der Waals surface area contributed by atoms with Crippen LogP contribution in [0.2, 0.25) is 5.02 Å². The number of aryl methyl sites for hydroxylation is 1. The third-order valence-corrected chi connectivity index (χ3v) is 5.63. The number of carbonyl (C=O) groups is 2. The molecule has 6 heteroatoms. The average molecular weight is 451 g/mol. The van der Waals surface area contributed by atoms with Gasteiger partial charge in [0.15, 0.2) is 6.61 Å². The van der Waals surface area contributed by atoms with Crippen LogP contribution in [0.15, 0.2) is 78.9 Å². The van der Waals surface area contributed by atoms with Crippen molar-refractivity contribution in [1.29, 1.82) is 0 Å². The van der Waals surface area contributed by atoms with Gasteiger partial charge in [0.25, 0.3) is 5.91 Å². The summed E-state index contributed by atoms with van der Waals surface area (Å²) in [5, 5.41) is 3.34. The second-order valence-corrected chi connectivity index (χ2v) is 7.93. The smallest absolute Gasteiger partial charge is 0.261 e. The molecule has 0 aliphatic rings. The van der Waals surface area contributed by atoms with Crippen LogP contribution in [-0.4, -0.2) is 36.4 Å². The summed E-state index contributed by atoms with van der Waals surface area (Å²) in [5.41, 5.74) is 2.77. The largest absolute Gasteiger partial charge is 0.484 e. The zero-order valence-corrected chi connectivity index (χ0v) is 19.0. The van der Waals surface area contributed by atoms with Crippen molar-refractivity contribution in [3.8, 4) is 5.75 Å². The zero-order chi connectivity index (χ0) is 22.9. The molecule has 166 valence electrons. The van der Waals surface area contributed by atoms with Crippen molar-refractivity contribution in [2.45, 2.75) is 25.9 Å². The molecule has 0 unspecified atom stereocenters. The van der Waals surface area contributed by atoms with Gasteiger partial charge in [-0.2, -0.15) is 0 Å². The predicted octanol–water partition coefficient (Wildman–Crippen LogP) is 4.41. The van der Waals surface area contributed by atoms with Gasteiger partial charge in [0.2, 0.25) is 5.91 Å². The topological polar surface area (TPSA) is 58.6 Å². The lowest BCUT2D eigenvalue weighted by Crippen LogP contribution is -2.51. The third kappa shape index (κ3) is 6.34. The quantitative estimate of drug-likeness (QED) is 0.525. The van der Waals surface area contributed by atoms with E-state index in [-0.39, 0.29) is 18.4 Å². The Morgan fingerprint density at radius 2 is 1.59 bits per heavy atom. The number of halogens is 1. The number of nitrogens with one attached hydrogen (secondary N) is 1. The van der Waals surface area contributed by atoms with Crippen LogP contribution in [0.4, 0.5) is 0 Å². The first-order valence-electron chi connectivity index (χ1n) is 10.5. The van der Waals surface area contributed by atoms with Crippen LogP contribution in [0, 0.1) is 6.92 Å². The SMILES string of the molecule is CNC(=O)[C@H](Cc1ccccc1)N(Cc1ccccc1)C(=O)COc1ccc(Cl)c(C)c1. The van der Waals surface area contributed by atoms with Gasteiger partial charge in [0.1, 0.15) is 11.8 Å². The maximum atomic E-state index is 13.3.